The van der Waals surface area contributed by atoms with E-state index in [1.54, 1.807) is 0 Å². The van der Waals surface area contributed by atoms with E-state index in [4.69, 9.17) is 9.72 Å². The Balaban J connectivity index is 1.20. The summed E-state index contributed by atoms with van der Waals surface area (Å²) in [7, 11) is 4.05. The summed E-state index contributed by atoms with van der Waals surface area (Å²) in [6, 6.07) is 26.9. The number of nitriles is 1. The van der Waals surface area contributed by atoms with Crippen LogP contribution in [-0.4, -0.2) is 43.0 Å². The lowest BCUT2D eigenvalue weighted by molar-refractivity contribution is -0.127. The van der Waals surface area contributed by atoms with Gasteiger partial charge in [0.2, 0.25) is 5.91 Å². The molecular formula is C33H32N4O2S. The number of hydrogen-bond acceptors (Lipinski definition) is 6. The number of thiazole rings is 1. The number of ether oxygens (including phenoxy) is 1. The van der Waals surface area contributed by atoms with Gasteiger partial charge < -0.3 is 15.0 Å². The third kappa shape index (κ3) is 4.38. The summed E-state index contributed by atoms with van der Waals surface area (Å²) in [5, 5.41) is 16.3. The smallest absolute Gasteiger partial charge is 0.233 e. The Morgan fingerprint density at radius 1 is 1.07 bits per heavy atom. The quantitative estimate of drug-likeness (QED) is 0.293. The summed E-state index contributed by atoms with van der Waals surface area (Å²) in [4.78, 5) is 20.8. The molecule has 2 bridgehead atoms. The van der Waals surface area contributed by atoms with Crippen LogP contribution in [0.4, 0.5) is 5.13 Å². The van der Waals surface area contributed by atoms with Gasteiger partial charge in [-0.15, -0.1) is 11.3 Å². The molecule has 202 valence electrons. The highest BCUT2D eigenvalue weighted by Crippen LogP contribution is 2.63. The molecule has 0 fully saturated rings. The standard InChI is InChI=1S/C33H32N4O2S/c1-32(20-33(21-34)27-10-6-4-8-25(27)29(32)26-9-5-7-11-28(26)33)30(38)36-31-35-23(19-40-31)18-22-12-14-24(15-13-22)39-17-16-37(2)3/h4-15,19,29H,16-18,20H2,1-3H3,(H,35,36,38). The molecule has 0 radical (unpaired) electrons. The van der Waals surface area contributed by atoms with E-state index in [-0.39, 0.29) is 11.8 Å². The van der Waals surface area contributed by atoms with Gasteiger partial charge in [0.05, 0.1) is 17.2 Å². The molecule has 1 N–H and O–H groups in total. The number of anilines is 1. The van der Waals surface area contributed by atoms with Gasteiger partial charge in [-0.2, -0.15) is 5.26 Å². The molecule has 1 heterocycles. The molecule has 7 heteroatoms. The number of amides is 1. The van der Waals surface area contributed by atoms with Crippen LogP contribution in [-0.2, 0) is 16.6 Å². The first-order valence-electron chi connectivity index (χ1n) is 13.6. The van der Waals surface area contributed by atoms with Gasteiger partial charge in [-0.05, 0) is 67.4 Å². The number of likely N-dealkylation sites (N-methyl/N-ethyl adjacent to an activating group) is 1. The van der Waals surface area contributed by atoms with Crippen molar-refractivity contribution in [2.24, 2.45) is 5.41 Å². The van der Waals surface area contributed by atoms with Crippen molar-refractivity contribution in [1.82, 2.24) is 9.88 Å². The van der Waals surface area contributed by atoms with Crippen molar-refractivity contribution in [2.75, 3.05) is 32.6 Å². The Kier molecular flexibility index (Phi) is 6.69. The zero-order valence-corrected chi connectivity index (χ0v) is 23.8. The highest BCUT2D eigenvalue weighted by Gasteiger charge is 2.61. The van der Waals surface area contributed by atoms with E-state index in [0.717, 1.165) is 45.8 Å². The lowest BCUT2D eigenvalue weighted by atomic mass is 9.47. The minimum Gasteiger partial charge on any atom is -0.492 e. The summed E-state index contributed by atoms with van der Waals surface area (Å²) in [6.45, 7) is 3.51. The summed E-state index contributed by atoms with van der Waals surface area (Å²) in [6.07, 6.45) is 1.10. The Bertz CT molecular complexity index is 1560. The molecule has 6 nitrogen and oxygen atoms in total. The van der Waals surface area contributed by atoms with E-state index < -0.39 is 10.8 Å². The molecular weight excluding hydrogens is 516 g/mol. The normalized spacial score (nSPS) is 22.3. The number of fused-ring (bicyclic) bond motifs is 1. The number of nitrogens with zero attached hydrogens (tertiary/aromatic N) is 3. The predicted molar refractivity (Wildman–Crippen MR) is 158 cm³/mol. The number of aromatic nitrogens is 1. The maximum absolute atomic E-state index is 14.0. The monoisotopic (exact) mass is 548 g/mol. The average Bonchev–Trinajstić information content (AvgIpc) is 3.40. The molecule has 1 amide bonds. The van der Waals surface area contributed by atoms with Crippen molar-refractivity contribution in [3.63, 3.8) is 0 Å². The second-order valence-electron chi connectivity index (χ2n) is 11.3. The van der Waals surface area contributed by atoms with E-state index in [0.29, 0.717) is 24.6 Å². The lowest BCUT2D eigenvalue weighted by Crippen LogP contribution is -2.53. The fourth-order valence-corrected chi connectivity index (χ4v) is 7.14. The molecule has 4 aromatic rings. The minimum atomic E-state index is -0.857. The number of carbonyl (C=O) groups excluding carboxylic acids is 1. The first kappa shape index (κ1) is 26.2. The lowest BCUT2D eigenvalue weighted by Gasteiger charge is -2.54. The SMILES string of the molecule is CN(C)CCOc1ccc(Cc2csc(NC(=O)C3(C)CC4(C#N)c5ccccc5C3c3ccccc34)n2)cc1. The fourth-order valence-electron chi connectivity index (χ4n) is 6.43. The molecule has 3 aromatic carbocycles. The van der Waals surface area contributed by atoms with Crippen LogP contribution >= 0.6 is 11.3 Å². The number of nitrogens with one attached hydrogen (secondary N) is 1. The molecule has 0 saturated heterocycles. The van der Waals surface area contributed by atoms with Gasteiger partial charge in [0.25, 0.3) is 0 Å². The van der Waals surface area contributed by atoms with Crippen LogP contribution in [0, 0.1) is 16.7 Å². The second-order valence-corrected chi connectivity index (χ2v) is 12.1. The van der Waals surface area contributed by atoms with Gasteiger partial charge in [-0.3, -0.25) is 4.79 Å². The molecule has 1 atom stereocenters. The number of rotatable bonds is 8. The minimum absolute atomic E-state index is 0.0961. The highest BCUT2D eigenvalue weighted by molar-refractivity contribution is 7.13. The molecule has 3 aliphatic rings. The van der Waals surface area contributed by atoms with Crippen LogP contribution in [0.25, 0.3) is 0 Å². The van der Waals surface area contributed by atoms with E-state index in [1.807, 2.05) is 62.8 Å². The third-order valence-electron chi connectivity index (χ3n) is 8.33. The zero-order chi connectivity index (χ0) is 27.9. The summed E-state index contributed by atoms with van der Waals surface area (Å²) in [5.41, 5.74) is 4.57. The molecule has 1 unspecified atom stereocenters. The maximum atomic E-state index is 14.0. The van der Waals surface area contributed by atoms with Crippen LogP contribution in [0.3, 0.4) is 0 Å². The van der Waals surface area contributed by atoms with Crippen molar-refractivity contribution >= 4 is 22.4 Å². The van der Waals surface area contributed by atoms with Crippen molar-refractivity contribution < 1.29 is 9.53 Å². The molecule has 1 aromatic heterocycles. The Morgan fingerprint density at radius 2 is 1.73 bits per heavy atom. The Morgan fingerprint density at radius 3 is 2.35 bits per heavy atom. The van der Waals surface area contributed by atoms with Crippen molar-refractivity contribution in [3.05, 3.63) is 112 Å². The highest BCUT2D eigenvalue weighted by atomic mass is 32.1. The van der Waals surface area contributed by atoms with Gasteiger partial charge >= 0.3 is 0 Å². The topological polar surface area (TPSA) is 78.2 Å². The van der Waals surface area contributed by atoms with Crippen molar-refractivity contribution in [1.29, 1.82) is 5.26 Å². The maximum Gasteiger partial charge on any atom is 0.233 e. The van der Waals surface area contributed by atoms with E-state index in [2.05, 4.69) is 52.7 Å². The third-order valence-corrected chi connectivity index (χ3v) is 9.14. The second kappa shape index (κ2) is 10.2. The van der Waals surface area contributed by atoms with E-state index in [1.165, 1.54) is 11.3 Å². The molecule has 0 saturated carbocycles. The molecule has 0 aliphatic heterocycles. The Labute approximate surface area is 239 Å². The van der Waals surface area contributed by atoms with Crippen LogP contribution in [0.2, 0.25) is 0 Å². The summed E-state index contributed by atoms with van der Waals surface area (Å²) < 4.78 is 5.79. The first-order chi connectivity index (χ1) is 19.3. The van der Waals surface area contributed by atoms with Gasteiger partial charge in [0.15, 0.2) is 5.13 Å². The number of carbonyl (C=O) groups is 1. The Hall–Kier alpha value is -3.99. The van der Waals surface area contributed by atoms with Gasteiger partial charge in [-0.25, -0.2) is 4.98 Å². The van der Waals surface area contributed by atoms with Crippen LogP contribution in [0.5, 0.6) is 5.75 Å². The number of benzene rings is 3. The predicted octanol–water partition coefficient (Wildman–Crippen LogP) is 5.98. The van der Waals surface area contributed by atoms with E-state index >= 15 is 0 Å². The molecule has 3 aliphatic carbocycles. The molecule has 0 spiro atoms. The fraction of sp³-hybridized carbons (Fsp3) is 0.303. The van der Waals surface area contributed by atoms with Crippen LogP contribution < -0.4 is 10.1 Å². The summed E-state index contributed by atoms with van der Waals surface area (Å²) in [5.74, 6) is 0.624. The first-order valence-corrected chi connectivity index (χ1v) is 14.4. The zero-order valence-electron chi connectivity index (χ0n) is 23.0. The van der Waals surface area contributed by atoms with Gasteiger partial charge in [-0.1, -0.05) is 60.7 Å². The average molecular weight is 549 g/mol. The van der Waals surface area contributed by atoms with Crippen LogP contribution in [0.1, 0.15) is 52.8 Å². The van der Waals surface area contributed by atoms with Crippen molar-refractivity contribution in [2.45, 2.75) is 31.1 Å². The van der Waals surface area contributed by atoms with Gasteiger partial charge in [0.1, 0.15) is 17.8 Å². The summed E-state index contributed by atoms with van der Waals surface area (Å²) >= 11 is 1.44. The largest absolute Gasteiger partial charge is 0.492 e. The van der Waals surface area contributed by atoms with Gasteiger partial charge in [0, 0.05) is 24.3 Å². The van der Waals surface area contributed by atoms with Crippen LogP contribution in [0.15, 0.2) is 78.2 Å². The van der Waals surface area contributed by atoms with E-state index in [9.17, 15) is 10.1 Å². The van der Waals surface area contributed by atoms with Crippen molar-refractivity contribution in [3.8, 4) is 11.8 Å². The molecule has 7 rings (SSSR count). The molecule has 40 heavy (non-hydrogen) atoms. The number of hydrogen-bond donors (Lipinski definition) is 1.